The third-order valence-electron chi connectivity index (χ3n) is 5.84. The highest BCUT2D eigenvalue weighted by atomic mass is 16.6. The molecule has 0 fully saturated rings. The molecule has 214 valence electrons. The van der Waals surface area contributed by atoms with Gasteiger partial charge in [-0.05, 0) is 70.1 Å². The van der Waals surface area contributed by atoms with Gasteiger partial charge in [-0.2, -0.15) is 0 Å². The Labute approximate surface area is 226 Å². The van der Waals surface area contributed by atoms with E-state index in [4.69, 9.17) is 4.74 Å². The number of hydrogen-bond acceptors (Lipinski definition) is 7. The van der Waals surface area contributed by atoms with E-state index < -0.39 is 54.1 Å². The number of phenols is 1. The zero-order valence-electron chi connectivity index (χ0n) is 24.2. The van der Waals surface area contributed by atoms with Gasteiger partial charge in [-0.15, -0.1) is 0 Å². The molecule has 3 amide bonds. The van der Waals surface area contributed by atoms with Crippen LogP contribution >= 0.6 is 0 Å². The van der Waals surface area contributed by atoms with Gasteiger partial charge in [0.1, 0.15) is 30.0 Å². The molecule has 1 aromatic carbocycles. The molecule has 3 N–H and O–H groups in total. The lowest BCUT2D eigenvalue weighted by Gasteiger charge is -2.39. The number of nitrogens with zero attached hydrogens (tertiary/aromatic N) is 1. The number of nitrogens with one attached hydrogen (secondary N) is 2. The van der Waals surface area contributed by atoms with Crippen molar-refractivity contribution in [2.24, 2.45) is 11.8 Å². The van der Waals surface area contributed by atoms with Crippen molar-refractivity contribution in [3.63, 3.8) is 0 Å². The van der Waals surface area contributed by atoms with Gasteiger partial charge in [0.15, 0.2) is 0 Å². The lowest BCUT2D eigenvalue weighted by atomic mass is 9.95. The van der Waals surface area contributed by atoms with Crippen LogP contribution < -0.4 is 10.6 Å². The average molecular weight is 536 g/mol. The summed E-state index contributed by atoms with van der Waals surface area (Å²) >= 11 is 0. The van der Waals surface area contributed by atoms with Crippen molar-refractivity contribution in [2.75, 3.05) is 13.7 Å². The molecule has 0 bridgehead atoms. The van der Waals surface area contributed by atoms with E-state index in [9.17, 15) is 24.3 Å². The fourth-order valence-corrected chi connectivity index (χ4v) is 3.88. The van der Waals surface area contributed by atoms with Crippen LogP contribution in [0.4, 0.5) is 4.79 Å². The molecule has 10 nitrogen and oxygen atoms in total. The third kappa shape index (κ3) is 10.6. The molecule has 1 aromatic rings. The summed E-state index contributed by atoms with van der Waals surface area (Å²) in [4.78, 5) is 53.6. The Morgan fingerprint density at radius 3 is 2.16 bits per heavy atom. The summed E-state index contributed by atoms with van der Waals surface area (Å²) in [6.07, 6.45) is 0.622. The standard InChI is InChI=1S/C28H45N3O7/c1-17(2)13-14-19(5)31(26(35)23(18(3)4)30-27(36)38-28(6,7)8)24(20-11-10-12-21(32)15-20)25(34)29-16-22(33)37-9/h10-12,15,17-19,23-24,32H,13-14,16H2,1-9H3,(H,29,34)(H,30,36). The maximum atomic E-state index is 14.2. The van der Waals surface area contributed by atoms with E-state index in [1.807, 2.05) is 6.92 Å². The van der Waals surface area contributed by atoms with Crippen LogP contribution in [0.1, 0.15) is 79.8 Å². The monoisotopic (exact) mass is 535 g/mol. The van der Waals surface area contributed by atoms with Crippen molar-refractivity contribution in [1.82, 2.24) is 15.5 Å². The number of ether oxygens (including phenoxy) is 2. The van der Waals surface area contributed by atoms with Crippen molar-refractivity contribution in [2.45, 2.75) is 92.0 Å². The summed E-state index contributed by atoms with van der Waals surface area (Å²) in [5, 5.41) is 15.4. The molecule has 3 atom stereocenters. The minimum Gasteiger partial charge on any atom is -0.508 e. The molecule has 0 saturated carbocycles. The quantitative estimate of drug-likeness (QED) is 0.345. The second kappa shape index (κ2) is 14.6. The van der Waals surface area contributed by atoms with Crippen LogP contribution in [0.2, 0.25) is 0 Å². The molecule has 0 radical (unpaired) electrons. The molecule has 0 aliphatic carbocycles. The Kier molecular flexibility index (Phi) is 12.6. The number of alkyl carbamates (subject to hydrolysis) is 1. The summed E-state index contributed by atoms with van der Waals surface area (Å²) < 4.78 is 10.0. The fraction of sp³-hybridized carbons (Fsp3) is 0.643. The first-order chi connectivity index (χ1) is 17.6. The highest BCUT2D eigenvalue weighted by molar-refractivity contribution is 5.93. The predicted molar refractivity (Wildman–Crippen MR) is 144 cm³/mol. The first kappa shape index (κ1) is 32.7. The molecule has 0 saturated heterocycles. The van der Waals surface area contributed by atoms with Gasteiger partial charge in [0.05, 0.1) is 7.11 Å². The molecule has 3 unspecified atom stereocenters. The van der Waals surface area contributed by atoms with E-state index in [-0.39, 0.29) is 11.7 Å². The van der Waals surface area contributed by atoms with E-state index >= 15 is 0 Å². The van der Waals surface area contributed by atoms with Crippen LogP contribution in [-0.2, 0) is 23.9 Å². The minimum absolute atomic E-state index is 0.0808. The highest BCUT2D eigenvalue weighted by Crippen LogP contribution is 2.30. The molecule has 1 rings (SSSR count). The maximum absolute atomic E-state index is 14.2. The second-order valence-electron chi connectivity index (χ2n) is 11.2. The van der Waals surface area contributed by atoms with Crippen LogP contribution in [0, 0.1) is 11.8 Å². The lowest BCUT2D eigenvalue weighted by Crippen LogP contribution is -2.57. The van der Waals surface area contributed by atoms with Gasteiger partial charge in [-0.3, -0.25) is 14.4 Å². The minimum atomic E-state index is -1.19. The molecule has 0 heterocycles. The maximum Gasteiger partial charge on any atom is 0.408 e. The van der Waals surface area contributed by atoms with Crippen LogP contribution in [0.5, 0.6) is 5.75 Å². The van der Waals surface area contributed by atoms with E-state index in [0.717, 1.165) is 6.42 Å². The topological polar surface area (TPSA) is 134 Å². The molecule has 0 aliphatic rings. The SMILES string of the molecule is COC(=O)CNC(=O)C(c1cccc(O)c1)N(C(=O)C(NC(=O)OC(C)(C)C)C(C)C)C(C)CCC(C)C. The van der Waals surface area contributed by atoms with Gasteiger partial charge in [0.25, 0.3) is 0 Å². The zero-order valence-corrected chi connectivity index (χ0v) is 24.2. The Morgan fingerprint density at radius 1 is 1.03 bits per heavy atom. The predicted octanol–water partition coefficient (Wildman–Crippen LogP) is 3.93. The van der Waals surface area contributed by atoms with Crippen molar-refractivity contribution in [3.05, 3.63) is 29.8 Å². The van der Waals surface area contributed by atoms with Gasteiger partial charge >= 0.3 is 12.1 Å². The van der Waals surface area contributed by atoms with Gasteiger partial charge in [0.2, 0.25) is 11.8 Å². The van der Waals surface area contributed by atoms with Gasteiger partial charge < -0.3 is 30.1 Å². The van der Waals surface area contributed by atoms with E-state index in [0.29, 0.717) is 17.9 Å². The summed E-state index contributed by atoms with van der Waals surface area (Å²) in [5.41, 5.74) is -0.409. The van der Waals surface area contributed by atoms with Gasteiger partial charge in [-0.25, -0.2) is 4.79 Å². The number of methoxy groups -OCH3 is 1. The summed E-state index contributed by atoms with van der Waals surface area (Å²) in [5.74, 6) is -1.82. The van der Waals surface area contributed by atoms with Gasteiger partial charge in [-0.1, -0.05) is 39.8 Å². The van der Waals surface area contributed by atoms with Crippen molar-refractivity contribution >= 4 is 23.9 Å². The number of amides is 3. The number of hydrogen-bond donors (Lipinski definition) is 3. The molecule has 0 aliphatic heterocycles. The molecule has 38 heavy (non-hydrogen) atoms. The Bertz CT molecular complexity index is 956. The Hall–Kier alpha value is -3.30. The number of esters is 1. The normalized spacial score (nSPS) is 13.9. The molecular formula is C28H45N3O7. The van der Waals surface area contributed by atoms with Crippen LogP contribution in [0.15, 0.2) is 24.3 Å². The van der Waals surface area contributed by atoms with E-state index in [1.165, 1.54) is 24.1 Å². The number of benzene rings is 1. The number of carbonyl (C=O) groups excluding carboxylic acids is 4. The lowest BCUT2D eigenvalue weighted by molar-refractivity contribution is -0.147. The summed E-state index contributed by atoms with van der Waals surface area (Å²) in [6, 6.07) is 3.45. The Morgan fingerprint density at radius 2 is 1.66 bits per heavy atom. The van der Waals surface area contributed by atoms with Crippen LogP contribution in [-0.4, -0.2) is 65.2 Å². The molecule has 0 spiro atoms. The summed E-state index contributed by atoms with van der Waals surface area (Å²) in [7, 11) is 1.21. The van der Waals surface area contributed by atoms with Crippen molar-refractivity contribution < 1.29 is 33.8 Å². The Balaban J connectivity index is 3.59. The molecular weight excluding hydrogens is 490 g/mol. The molecule has 10 heteroatoms. The van der Waals surface area contributed by atoms with Crippen molar-refractivity contribution in [1.29, 1.82) is 0 Å². The van der Waals surface area contributed by atoms with E-state index in [1.54, 1.807) is 46.8 Å². The zero-order chi connectivity index (χ0) is 29.2. The second-order valence-corrected chi connectivity index (χ2v) is 11.2. The summed E-state index contributed by atoms with van der Waals surface area (Å²) in [6.45, 7) is 14.3. The van der Waals surface area contributed by atoms with E-state index in [2.05, 4.69) is 29.2 Å². The number of carbonyl (C=O) groups is 4. The number of phenolic OH excluding ortho intramolecular Hbond substituents is 1. The van der Waals surface area contributed by atoms with Crippen LogP contribution in [0.25, 0.3) is 0 Å². The first-order valence-electron chi connectivity index (χ1n) is 13.0. The average Bonchev–Trinajstić information content (AvgIpc) is 2.80. The van der Waals surface area contributed by atoms with Crippen LogP contribution in [0.3, 0.4) is 0 Å². The first-order valence-corrected chi connectivity index (χ1v) is 13.0. The van der Waals surface area contributed by atoms with Gasteiger partial charge in [0, 0.05) is 6.04 Å². The number of rotatable bonds is 12. The molecule has 0 aromatic heterocycles. The van der Waals surface area contributed by atoms with Crippen molar-refractivity contribution in [3.8, 4) is 5.75 Å². The fourth-order valence-electron chi connectivity index (χ4n) is 3.88. The smallest absolute Gasteiger partial charge is 0.408 e. The third-order valence-corrected chi connectivity index (χ3v) is 5.84. The highest BCUT2D eigenvalue weighted by Gasteiger charge is 2.40. The largest absolute Gasteiger partial charge is 0.508 e. The number of aromatic hydroxyl groups is 1.